The minimum atomic E-state index is -3.15. The van der Waals surface area contributed by atoms with Crippen LogP contribution < -0.4 is 0 Å². The van der Waals surface area contributed by atoms with E-state index < -0.39 is 10.0 Å². The fourth-order valence-electron chi connectivity index (χ4n) is 1.45. The molecule has 4 nitrogen and oxygen atoms in total. The topological polar surface area (TPSA) is 57.6 Å². The molecule has 1 aliphatic heterocycles. The van der Waals surface area contributed by atoms with Gasteiger partial charge in [-0.05, 0) is 12.3 Å². The zero-order valence-electron chi connectivity index (χ0n) is 7.52. The molecule has 13 heavy (non-hydrogen) atoms. The van der Waals surface area contributed by atoms with E-state index in [-0.39, 0.29) is 18.3 Å². The van der Waals surface area contributed by atoms with Gasteiger partial charge in [-0.15, -0.1) is 6.58 Å². The Balaban J connectivity index is 2.60. The highest BCUT2D eigenvalue weighted by Crippen LogP contribution is 2.18. The summed E-state index contributed by atoms with van der Waals surface area (Å²) < 4.78 is 24.4. The first kappa shape index (κ1) is 10.7. The van der Waals surface area contributed by atoms with E-state index in [1.54, 1.807) is 0 Å². The molecular formula is C8H15NO3S. The smallest absolute Gasteiger partial charge is 0.217 e. The van der Waals surface area contributed by atoms with E-state index in [0.717, 1.165) is 6.42 Å². The maximum atomic E-state index is 11.5. The Morgan fingerprint density at radius 2 is 2.31 bits per heavy atom. The van der Waals surface area contributed by atoms with Crippen LogP contribution in [0.25, 0.3) is 0 Å². The first-order valence-electron chi connectivity index (χ1n) is 4.29. The van der Waals surface area contributed by atoms with Crippen molar-refractivity contribution in [3.8, 4) is 0 Å². The van der Waals surface area contributed by atoms with Crippen molar-refractivity contribution in [1.29, 1.82) is 0 Å². The number of hydrogen-bond acceptors (Lipinski definition) is 3. The van der Waals surface area contributed by atoms with E-state index in [1.165, 1.54) is 10.4 Å². The van der Waals surface area contributed by atoms with Crippen LogP contribution in [0.5, 0.6) is 0 Å². The van der Waals surface area contributed by atoms with Gasteiger partial charge in [-0.25, -0.2) is 12.7 Å². The highest BCUT2D eigenvalue weighted by atomic mass is 32.2. The van der Waals surface area contributed by atoms with Crippen LogP contribution in [0.3, 0.4) is 0 Å². The fourth-order valence-corrected chi connectivity index (χ4v) is 2.78. The lowest BCUT2D eigenvalue weighted by Crippen LogP contribution is -2.30. The highest BCUT2D eigenvalue weighted by molar-refractivity contribution is 7.89. The molecule has 0 bridgehead atoms. The summed E-state index contributed by atoms with van der Waals surface area (Å²) in [5.41, 5.74) is 0. The summed E-state index contributed by atoms with van der Waals surface area (Å²) in [4.78, 5) is 0. The molecule has 1 fully saturated rings. The van der Waals surface area contributed by atoms with Crippen LogP contribution in [0.4, 0.5) is 0 Å². The zero-order chi connectivity index (χ0) is 9.90. The van der Waals surface area contributed by atoms with Gasteiger partial charge in [0.1, 0.15) is 0 Å². The standard InChI is InChI=1S/C8H15NO3S/c1-2-5-13(11,12)9-4-3-8(6-9)7-10/h2,8,10H,1,3-7H2. The fraction of sp³-hybridized carbons (Fsp3) is 0.750. The summed E-state index contributed by atoms with van der Waals surface area (Å²) in [5.74, 6) is 0.102. The van der Waals surface area contributed by atoms with E-state index in [1.807, 2.05) is 0 Å². The molecule has 1 atom stereocenters. The predicted molar refractivity (Wildman–Crippen MR) is 50.7 cm³/mol. The van der Waals surface area contributed by atoms with Crippen molar-refractivity contribution in [2.75, 3.05) is 25.4 Å². The number of sulfonamides is 1. The summed E-state index contributed by atoms with van der Waals surface area (Å²) in [6.07, 6.45) is 2.15. The lowest BCUT2D eigenvalue weighted by molar-refractivity contribution is 0.233. The summed E-state index contributed by atoms with van der Waals surface area (Å²) in [6, 6.07) is 0. The highest BCUT2D eigenvalue weighted by Gasteiger charge is 2.29. The minimum Gasteiger partial charge on any atom is -0.396 e. The van der Waals surface area contributed by atoms with E-state index in [2.05, 4.69) is 6.58 Å². The molecule has 1 rings (SSSR count). The Bertz CT molecular complexity index is 273. The van der Waals surface area contributed by atoms with Crippen LogP contribution in [-0.2, 0) is 10.0 Å². The average Bonchev–Trinajstić information content (AvgIpc) is 2.52. The van der Waals surface area contributed by atoms with Crippen molar-refractivity contribution in [3.63, 3.8) is 0 Å². The van der Waals surface area contributed by atoms with Crippen LogP contribution in [-0.4, -0.2) is 43.3 Å². The van der Waals surface area contributed by atoms with Crippen molar-refractivity contribution in [3.05, 3.63) is 12.7 Å². The predicted octanol–water partition coefficient (Wildman–Crippen LogP) is -0.184. The third kappa shape index (κ3) is 2.52. The molecule has 1 saturated heterocycles. The van der Waals surface area contributed by atoms with Gasteiger partial charge in [0.2, 0.25) is 10.0 Å². The van der Waals surface area contributed by atoms with Gasteiger partial charge in [0.05, 0.1) is 5.75 Å². The van der Waals surface area contributed by atoms with Gasteiger partial charge in [0.15, 0.2) is 0 Å². The molecule has 0 aromatic rings. The van der Waals surface area contributed by atoms with Crippen LogP contribution in [0.15, 0.2) is 12.7 Å². The molecule has 0 spiro atoms. The maximum absolute atomic E-state index is 11.5. The van der Waals surface area contributed by atoms with Crippen molar-refractivity contribution in [1.82, 2.24) is 4.31 Å². The Morgan fingerprint density at radius 3 is 2.77 bits per heavy atom. The van der Waals surface area contributed by atoms with Gasteiger partial charge in [-0.2, -0.15) is 0 Å². The van der Waals surface area contributed by atoms with Crippen LogP contribution in [0.2, 0.25) is 0 Å². The first-order valence-corrected chi connectivity index (χ1v) is 5.90. The SMILES string of the molecule is C=CCS(=O)(=O)N1CCC(CO)C1. The van der Waals surface area contributed by atoms with Gasteiger partial charge < -0.3 is 5.11 Å². The summed E-state index contributed by atoms with van der Waals surface area (Å²) in [5, 5.41) is 8.84. The van der Waals surface area contributed by atoms with Crippen LogP contribution in [0.1, 0.15) is 6.42 Å². The Kier molecular flexibility index (Phi) is 3.47. The molecular weight excluding hydrogens is 190 g/mol. The Labute approximate surface area is 78.9 Å². The van der Waals surface area contributed by atoms with E-state index in [4.69, 9.17) is 5.11 Å². The largest absolute Gasteiger partial charge is 0.396 e. The molecule has 0 aromatic heterocycles. The Hall–Kier alpha value is -0.390. The third-order valence-electron chi connectivity index (χ3n) is 2.23. The number of rotatable bonds is 4. The molecule has 0 amide bonds. The number of aliphatic hydroxyl groups is 1. The van der Waals surface area contributed by atoms with E-state index in [9.17, 15) is 8.42 Å². The molecule has 0 saturated carbocycles. The molecule has 0 radical (unpaired) electrons. The van der Waals surface area contributed by atoms with E-state index >= 15 is 0 Å². The van der Waals surface area contributed by atoms with Gasteiger partial charge >= 0.3 is 0 Å². The number of hydrogen-bond donors (Lipinski definition) is 1. The maximum Gasteiger partial charge on any atom is 0.217 e. The lowest BCUT2D eigenvalue weighted by atomic mass is 10.1. The molecule has 1 aliphatic rings. The second-order valence-electron chi connectivity index (χ2n) is 3.26. The first-order chi connectivity index (χ1) is 6.10. The molecule has 0 aromatic carbocycles. The monoisotopic (exact) mass is 205 g/mol. The van der Waals surface area contributed by atoms with Crippen LogP contribution in [0, 0.1) is 5.92 Å². The minimum absolute atomic E-state index is 0.00878. The van der Waals surface area contributed by atoms with E-state index in [0.29, 0.717) is 13.1 Å². The number of nitrogens with zero attached hydrogens (tertiary/aromatic N) is 1. The molecule has 5 heteroatoms. The van der Waals surface area contributed by atoms with Gasteiger partial charge in [0.25, 0.3) is 0 Å². The summed E-state index contributed by atoms with van der Waals surface area (Å²) in [6.45, 7) is 4.45. The van der Waals surface area contributed by atoms with Gasteiger partial charge in [-0.1, -0.05) is 6.08 Å². The van der Waals surface area contributed by atoms with Crippen molar-refractivity contribution in [2.45, 2.75) is 6.42 Å². The number of aliphatic hydroxyl groups excluding tert-OH is 1. The molecule has 1 unspecified atom stereocenters. The van der Waals surface area contributed by atoms with Crippen LogP contribution >= 0.6 is 0 Å². The molecule has 0 aliphatic carbocycles. The normalized spacial score (nSPS) is 24.8. The molecule has 1 heterocycles. The zero-order valence-corrected chi connectivity index (χ0v) is 8.33. The summed E-state index contributed by atoms with van der Waals surface area (Å²) >= 11 is 0. The van der Waals surface area contributed by atoms with Gasteiger partial charge in [0, 0.05) is 19.7 Å². The van der Waals surface area contributed by atoms with Gasteiger partial charge in [-0.3, -0.25) is 0 Å². The average molecular weight is 205 g/mol. The lowest BCUT2D eigenvalue weighted by Gasteiger charge is -2.14. The second kappa shape index (κ2) is 4.21. The van der Waals surface area contributed by atoms with Crippen molar-refractivity contribution < 1.29 is 13.5 Å². The second-order valence-corrected chi connectivity index (χ2v) is 5.28. The van der Waals surface area contributed by atoms with Crippen molar-refractivity contribution in [2.24, 2.45) is 5.92 Å². The summed E-state index contributed by atoms with van der Waals surface area (Å²) in [7, 11) is -3.15. The quantitative estimate of drug-likeness (QED) is 0.648. The Morgan fingerprint density at radius 1 is 1.62 bits per heavy atom. The molecule has 1 N–H and O–H groups in total. The third-order valence-corrected chi connectivity index (χ3v) is 4.00. The van der Waals surface area contributed by atoms with Crippen molar-refractivity contribution >= 4 is 10.0 Å². The molecule has 76 valence electrons.